The molecule has 0 amide bonds. The van der Waals surface area contributed by atoms with Crippen LogP contribution in [0.4, 0.5) is 4.39 Å². The van der Waals surface area contributed by atoms with Crippen LogP contribution < -0.4 is 11.2 Å². The van der Waals surface area contributed by atoms with Crippen molar-refractivity contribution in [3.63, 3.8) is 0 Å². The largest absolute Gasteiger partial charge is 0.387 e. The molecule has 1 aliphatic heterocycles. The highest BCUT2D eigenvalue weighted by molar-refractivity contribution is 6.18. The Morgan fingerprint density at radius 3 is 2.67 bits per heavy atom. The lowest BCUT2D eigenvalue weighted by atomic mass is 10.1. The lowest BCUT2D eigenvalue weighted by molar-refractivity contribution is -0.0349. The predicted molar refractivity (Wildman–Crippen MR) is 57.9 cm³/mol. The molecule has 1 aromatic rings. The van der Waals surface area contributed by atoms with Crippen LogP contribution in [0.3, 0.4) is 0 Å². The van der Waals surface area contributed by atoms with Crippen LogP contribution in [0.5, 0.6) is 0 Å². The van der Waals surface area contributed by atoms with E-state index in [1.165, 1.54) is 0 Å². The first-order valence-electron chi connectivity index (χ1n) is 5.04. The molecule has 1 aromatic heterocycles. The normalized spacial score (nSPS) is 31.8. The van der Waals surface area contributed by atoms with E-state index in [1.54, 1.807) is 4.98 Å². The molecule has 7 nitrogen and oxygen atoms in total. The van der Waals surface area contributed by atoms with Crippen LogP contribution in [0, 0.1) is 5.82 Å². The second kappa shape index (κ2) is 4.81. The zero-order chi connectivity index (χ0) is 13.4. The van der Waals surface area contributed by atoms with E-state index in [1.807, 2.05) is 0 Å². The van der Waals surface area contributed by atoms with Gasteiger partial charge in [-0.25, -0.2) is 4.79 Å². The van der Waals surface area contributed by atoms with E-state index in [0.29, 0.717) is 10.8 Å². The maximum Gasteiger partial charge on any atom is 0.330 e. The van der Waals surface area contributed by atoms with Crippen LogP contribution in [0.25, 0.3) is 0 Å². The molecular weight excluding hydrogens is 271 g/mol. The molecule has 2 heterocycles. The minimum atomic E-state index is -1.45. The van der Waals surface area contributed by atoms with Gasteiger partial charge in [-0.05, 0) is 0 Å². The molecule has 9 heteroatoms. The van der Waals surface area contributed by atoms with Crippen LogP contribution in [0.1, 0.15) is 6.23 Å². The molecule has 0 aromatic carbocycles. The Morgan fingerprint density at radius 2 is 2.11 bits per heavy atom. The Morgan fingerprint density at radius 1 is 1.44 bits per heavy atom. The third kappa shape index (κ3) is 2.07. The van der Waals surface area contributed by atoms with E-state index in [0.717, 1.165) is 0 Å². The summed E-state index contributed by atoms with van der Waals surface area (Å²) in [6, 6.07) is 0. The number of aromatic nitrogens is 2. The monoisotopic (exact) mass is 280 g/mol. The predicted octanol–water partition coefficient (Wildman–Crippen LogP) is -1.47. The number of aliphatic hydroxyl groups excluding tert-OH is 2. The topological polar surface area (TPSA) is 105 Å². The lowest BCUT2D eigenvalue weighted by Crippen LogP contribution is -2.38. The number of halogens is 2. The fourth-order valence-electron chi connectivity index (χ4n) is 1.74. The van der Waals surface area contributed by atoms with Gasteiger partial charge in [0.2, 0.25) is 5.82 Å². The SMILES string of the molecule is O=c1[nH]c(=O)n([C@@H]2O[C@H](CCl)[C@@H](O)[C@H]2O)cc1F. The van der Waals surface area contributed by atoms with Crippen molar-refractivity contribution in [2.75, 3.05) is 5.88 Å². The summed E-state index contributed by atoms with van der Waals surface area (Å²) in [4.78, 5) is 24.0. The van der Waals surface area contributed by atoms with Gasteiger partial charge in [0.05, 0.1) is 12.1 Å². The highest BCUT2D eigenvalue weighted by atomic mass is 35.5. The Bertz CT molecular complexity index is 559. The Labute approximate surface area is 104 Å². The maximum absolute atomic E-state index is 13.1. The summed E-state index contributed by atoms with van der Waals surface area (Å²) < 4.78 is 18.9. The maximum atomic E-state index is 13.1. The van der Waals surface area contributed by atoms with Crippen LogP contribution in [0.2, 0.25) is 0 Å². The molecule has 1 aliphatic rings. The molecule has 1 saturated heterocycles. The first kappa shape index (κ1) is 13.2. The first-order valence-corrected chi connectivity index (χ1v) is 5.57. The van der Waals surface area contributed by atoms with Gasteiger partial charge in [0.15, 0.2) is 6.23 Å². The number of H-pyrrole nitrogens is 1. The summed E-state index contributed by atoms with van der Waals surface area (Å²) in [5.74, 6) is -1.30. The highest BCUT2D eigenvalue weighted by Gasteiger charge is 2.43. The van der Waals surface area contributed by atoms with Crippen LogP contribution in [-0.4, -0.2) is 44.0 Å². The highest BCUT2D eigenvalue weighted by Crippen LogP contribution is 2.28. The van der Waals surface area contributed by atoms with Crippen molar-refractivity contribution in [2.24, 2.45) is 0 Å². The fourth-order valence-corrected chi connectivity index (χ4v) is 1.99. The molecule has 0 bridgehead atoms. The molecule has 100 valence electrons. The van der Waals surface area contributed by atoms with Gasteiger partial charge in [0.1, 0.15) is 18.3 Å². The Kier molecular flexibility index (Phi) is 3.53. The number of hydrogen-bond acceptors (Lipinski definition) is 5. The molecule has 0 spiro atoms. The van der Waals surface area contributed by atoms with Crippen molar-refractivity contribution in [2.45, 2.75) is 24.5 Å². The van der Waals surface area contributed by atoms with Crippen molar-refractivity contribution in [3.8, 4) is 0 Å². The fraction of sp³-hybridized carbons (Fsp3) is 0.556. The van der Waals surface area contributed by atoms with E-state index in [2.05, 4.69) is 0 Å². The number of nitrogens with one attached hydrogen (secondary N) is 1. The van der Waals surface area contributed by atoms with Crippen molar-refractivity contribution < 1.29 is 19.3 Å². The molecule has 0 saturated carbocycles. The van der Waals surface area contributed by atoms with Gasteiger partial charge in [-0.1, -0.05) is 0 Å². The molecule has 0 unspecified atom stereocenters. The molecule has 1 fully saturated rings. The Balaban J connectivity index is 2.42. The van der Waals surface area contributed by atoms with E-state index in [-0.39, 0.29) is 5.88 Å². The van der Waals surface area contributed by atoms with Gasteiger partial charge in [-0.15, -0.1) is 11.6 Å². The minimum absolute atomic E-state index is 0.102. The molecule has 2 rings (SSSR count). The zero-order valence-electron chi connectivity index (χ0n) is 8.92. The van der Waals surface area contributed by atoms with Gasteiger partial charge in [0.25, 0.3) is 5.56 Å². The summed E-state index contributed by atoms with van der Waals surface area (Å²) in [5.41, 5.74) is -2.12. The van der Waals surface area contributed by atoms with Crippen molar-refractivity contribution >= 4 is 11.6 Å². The molecule has 0 radical (unpaired) electrons. The van der Waals surface area contributed by atoms with Crippen LogP contribution in [0.15, 0.2) is 15.8 Å². The van der Waals surface area contributed by atoms with E-state index in [4.69, 9.17) is 16.3 Å². The average molecular weight is 281 g/mol. The second-order valence-electron chi connectivity index (χ2n) is 3.84. The number of nitrogens with zero attached hydrogens (tertiary/aromatic N) is 1. The third-order valence-electron chi connectivity index (χ3n) is 2.69. The average Bonchev–Trinajstić information content (AvgIpc) is 2.61. The number of rotatable bonds is 2. The van der Waals surface area contributed by atoms with Gasteiger partial charge >= 0.3 is 5.69 Å². The van der Waals surface area contributed by atoms with Crippen LogP contribution >= 0.6 is 11.6 Å². The second-order valence-corrected chi connectivity index (χ2v) is 4.15. The van der Waals surface area contributed by atoms with Crippen molar-refractivity contribution in [1.29, 1.82) is 0 Å². The number of aliphatic hydroxyl groups is 2. The molecule has 18 heavy (non-hydrogen) atoms. The van der Waals surface area contributed by atoms with Gasteiger partial charge < -0.3 is 14.9 Å². The van der Waals surface area contributed by atoms with E-state index in [9.17, 15) is 24.2 Å². The lowest BCUT2D eigenvalue weighted by Gasteiger charge is -2.16. The summed E-state index contributed by atoms with van der Waals surface area (Å²) in [6.45, 7) is 0. The van der Waals surface area contributed by atoms with Crippen molar-refractivity contribution in [3.05, 3.63) is 32.9 Å². The summed E-state index contributed by atoms with van der Waals surface area (Å²) in [5, 5.41) is 19.3. The summed E-state index contributed by atoms with van der Waals surface area (Å²) in [6.07, 6.45) is -4.32. The number of hydrogen-bond donors (Lipinski definition) is 3. The Hall–Kier alpha value is -1.22. The van der Waals surface area contributed by atoms with Gasteiger partial charge in [-0.2, -0.15) is 4.39 Å². The number of aromatic amines is 1. The number of ether oxygens (including phenoxy) is 1. The minimum Gasteiger partial charge on any atom is -0.387 e. The van der Waals surface area contributed by atoms with Crippen LogP contribution in [-0.2, 0) is 4.74 Å². The zero-order valence-corrected chi connectivity index (χ0v) is 9.67. The summed E-state index contributed by atoms with van der Waals surface area (Å²) in [7, 11) is 0. The number of alkyl halides is 1. The molecule has 0 aliphatic carbocycles. The molecule has 4 atom stereocenters. The molecular formula is C9H10ClFN2O5. The standard InChI is InChI=1S/C9H10ClFN2O5/c10-1-4-5(14)6(15)8(18-4)13-2-3(11)7(16)12-9(13)17/h2,4-6,8,14-15H,1H2,(H,12,16,17)/t4-,5-,6-,8-/m1/s1. The quantitative estimate of drug-likeness (QED) is 0.574. The van der Waals surface area contributed by atoms with E-state index >= 15 is 0 Å². The third-order valence-corrected chi connectivity index (χ3v) is 2.99. The molecule has 3 N–H and O–H groups in total. The first-order chi connectivity index (χ1) is 8.45. The van der Waals surface area contributed by atoms with E-state index < -0.39 is 41.6 Å². The van der Waals surface area contributed by atoms with Crippen molar-refractivity contribution in [1.82, 2.24) is 9.55 Å². The summed E-state index contributed by atoms with van der Waals surface area (Å²) >= 11 is 5.50. The van der Waals surface area contributed by atoms with Gasteiger partial charge in [-0.3, -0.25) is 14.3 Å². The smallest absolute Gasteiger partial charge is 0.330 e. The van der Waals surface area contributed by atoms with Gasteiger partial charge in [0, 0.05) is 0 Å².